The number of carbonyl (C=O) groups is 1. The summed E-state index contributed by atoms with van der Waals surface area (Å²) in [6.07, 6.45) is 6.99. The van der Waals surface area contributed by atoms with Crippen molar-refractivity contribution in [3.05, 3.63) is 78.3 Å². The van der Waals surface area contributed by atoms with Gasteiger partial charge in [0.05, 0.1) is 19.3 Å². The van der Waals surface area contributed by atoms with Crippen molar-refractivity contribution in [3.63, 3.8) is 0 Å². The Labute approximate surface area is 212 Å². The zero-order valence-corrected chi connectivity index (χ0v) is 20.3. The van der Waals surface area contributed by atoms with Gasteiger partial charge in [0.1, 0.15) is 5.82 Å². The summed E-state index contributed by atoms with van der Waals surface area (Å²) in [6, 6.07) is 15.3. The lowest BCUT2D eigenvalue weighted by atomic mass is 10.0. The van der Waals surface area contributed by atoms with Crippen LogP contribution in [-0.2, 0) is 4.79 Å². The number of amides is 1. The van der Waals surface area contributed by atoms with Gasteiger partial charge >= 0.3 is 0 Å². The largest absolute Gasteiger partial charge is 0.388 e. The van der Waals surface area contributed by atoms with Crippen molar-refractivity contribution in [1.82, 2.24) is 25.1 Å². The smallest absolute Gasteiger partial charge is 0.282 e. The topological polar surface area (TPSA) is 98.8 Å². The van der Waals surface area contributed by atoms with Crippen molar-refractivity contribution < 1.29 is 13.6 Å². The summed E-state index contributed by atoms with van der Waals surface area (Å²) in [5, 5.41) is 13.2. The summed E-state index contributed by atoms with van der Waals surface area (Å²) in [7, 11) is 1.77. The van der Waals surface area contributed by atoms with E-state index in [-0.39, 0.29) is 0 Å². The number of H-pyrrole nitrogens is 1. The van der Waals surface area contributed by atoms with Gasteiger partial charge in [0, 0.05) is 47.5 Å². The second kappa shape index (κ2) is 9.81. The number of likely N-dealkylation sites (tertiary alicyclic amines) is 1. The highest BCUT2D eigenvalue weighted by Gasteiger charge is 2.46. The molecular weight excluding hydrogens is 476 g/mol. The molecule has 1 aliphatic rings. The van der Waals surface area contributed by atoms with Gasteiger partial charge in [0.2, 0.25) is 5.91 Å². The number of aromatic amines is 1. The number of alkyl halides is 2. The molecule has 188 valence electrons. The monoisotopic (exact) mass is 501 g/mol. The lowest BCUT2D eigenvalue weighted by molar-refractivity contribution is -0.161. The van der Waals surface area contributed by atoms with E-state index in [1.54, 1.807) is 38.5 Å². The summed E-state index contributed by atoms with van der Waals surface area (Å²) in [6.45, 7) is 0.558. The lowest BCUT2D eigenvalue weighted by Gasteiger charge is -2.38. The van der Waals surface area contributed by atoms with E-state index in [9.17, 15) is 13.6 Å². The van der Waals surface area contributed by atoms with Gasteiger partial charge in [-0.3, -0.25) is 9.89 Å². The van der Waals surface area contributed by atoms with Gasteiger partial charge in [-0.25, -0.2) is 18.7 Å². The van der Waals surface area contributed by atoms with Gasteiger partial charge in [0.25, 0.3) is 5.92 Å². The van der Waals surface area contributed by atoms with Crippen molar-refractivity contribution in [2.75, 3.05) is 30.8 Å². The Bertz CT molecular complexity index is 1440. The molecule has 2 aromatic carbocycles. The minimum Gasteiger partial charge on any atom is -0.388 e. The highest BCUT2D eigenvalue weighted by atomic mass is 19.3. The zero-order valence-electron chi connectivity index (χ0n) is 20.3. The Kier molecular flexibility index (Phi) is 6.39. The maximum Gasteiger partial charge on any atom is 0.282 e. The molecule has 8 nitrogen and oxygen atoms in total. The molecule has 2 aromatic heterocycles. The van der Waals surface area contributed by atoms with Crippen LogP contribution in [0, 0.1) is 0 Å². The Morgan fingerprint density at radius 3 is 2.51 bits per heavy atom. The minimum absolute atomic E-state index is 0.390. The van der Waals surface area contributed by atoms with Crippen LogP contribution in [0.4, 0.5) is 26.0 Å². The highest BCUT2D eigenvalue weighted by Crippen LogP contribution is 2.30. The highest BCUT2D eigenvalue weighted by molar-refractivity contribution is 5.98. The van der Waals surface area contributed by atoms with Crippen LogP contribution in [0.1, 0.15) is 12.5 Å². The number of hydrogen-bond acceptors (Lipinski definition) is 6. The quantitative estimate of drug-likeness (QED) is 0.301. The summed E-state index contributed by atoms with van der Waals surface area (Å²) in [4.78, 5) is 22.7. The molecule has 0 saturated carbocycles. The lowest BCUT2D eigenvalue weighted by Crippen LogP contribution is -2.58. The second-order valence-corrected chi connectivity index (χ2v) is 8.85. The van der Waals surface area contributed by atoms with E-state index in [2.05, 4.69) is 30.8 Å². The fourth-order valence-corrected chi connectivity index (χ4v) is 4.11. The number of carbonyl (C=O) groups excluding carboxylic acids is 1. The molecule has 4 aromatic rings. The first-order chi connectivity index (χ1) is 17.8. The normalized spacial score (nSPS) is 14.7. The molecule has 37 heavy (non-hydrogen) atoms. The number of nitrogens with zero attached hydrogens (tertiary/aromatic N) is 4. The van der Waals surface area contributed by atoms with Gasteiger partial charge in [-0.2, -0.15) is 5.10 Å². The molecule has 0 unspecified atom stereocenters. The average molecular weight is 502 g/mol. The number of halogens is 2. The van der Waals surface area contributed by atoms with Crippen LogP contribution in [0.15, 0.2) is 72.7 Å². The second-order valence-electron chi connectivity index (χ2n) is 8.85. The number of rotatable bonds is 7. The van der Waals surface area contributed by atoms with Crippen molar-refractivity contribution in [3.8, 4) is 22.5 Å². The van der Waals surface area contributed by atoms with Gasteiger partial charge in [-0.15, -0.1) is 0 Å². The molecule has 3 N–H and O–H groups in total. The number of aromatic nitrogens is 4. The van der Waals surface area contributed by atoms with E-state index >= 15 is 0 Å². The Balaban J connectivity index is 1.32. The number of anilines is 3. The SMILES string of the molecule is CNc1cc(-c2nccc(Nc3ccc(-c4cn[nH]c4)cc3)n2)ccc1/C=C(\C)C(=O)N1CC(F)(F)C1. The van der Waals surface area contributed by atoms with E-state index in [4.69, 9.17) is 0 Å². The van der Waals surface area contributed by atoms with Gasteiger partial charge < -0.3 is 15.5 Å². The van der Waals surface area contributed by atoms with Crippen LogP contribution >= 0.6 is 0 Å². The third-order valence-corrected chi connectivity index (χ3v) is 6.07. The Morgan fingerprint density at radius 1 is 1.08 bits per heavy atom. The fourth-order valence-electron chi connectivity index (χ4n) is 4.11. The average Bonchev–Trinajstić information content (AvgIpc) is 3.43. The number of nitrogens with one attached hydrogen (secondary N) is 3. The van der Waals surface area contributed by atoms with Gasteiger partial charge in [0.15, 0.2) is 5.82 Å². The van der Waals surface area contributed by atoms with E-state index < -0.39 is 24.9 Å². The third kappa shape index (κ3) is 5.32. The summed E-state index contributed by atoms with van der Waals surface area (Å²) >= 11 is 0. The van der Waals surface area contributed by atoms with Crippen LogP contribution in [0.3, 0.4) is 0 Å². The first-order valence-electron chi connectivity index (χ1n) is 11.7. The maximum atomic E-state index is 13.1. The maximum absolute atomic E-state index is 13.1. The van der Waals surface area contributed by atoms with Crippen LogP contribution in [-0.4, -0.2) is 57.0 Å². The van der Waals surface area contributed by atoms with Crippen LogP contribution < -0.4 is 10.6 Å². The molecule has 1 saturated heterocycles. The van der Waals surface area contributed by atoms with Gasteiger partial charge in [-0.1, -0.05) is 24.3 Å². The molecular formula is C27H25F2N7O. The van der Waals surface area contributed by atoms with Crippen molar-refractivity contribution in [2.45, 2.75) is 12.8 Å². The zero-order chi connectivity index (χ0) is 26.0. The molecule has 1 aliphatic heterocycles. The van der Waals surface area contributed by atoms with Crippen LogP contribution in [0.25, 0.3) is 28.6 Å². The predicted molar refractivity (Wildman–Crippen MR) is 139 cm³/mol. The molecule has 0 radical (unpaired) electrons. The number of hydrogen-bond donors (Lipinski definition) is 3. The van der Waals surface area contributed by atoms with Crippen molar-refractivity contribution >= 4 is 29.2 Å². The van der Waals surface area contributed by atoms with Crippen molar-refractivity contribution in [1.29, 1.82) is 0 Å². The minimum atomic E-state index is -2.79. The molecule has 3 heterocycles. The summed E-state index contributed by atoms with van der Waals surface area (Å²) < 4.78 is 26.3. The fraction of sp³-hybridized carbons (Fsp3) is 0.185. The number of benzene rings is 2. The summed E-state index contributed by atoms with van der Waals surface area (Å²) in [5.74, 6) is -2.01. The molecule has 0 spiro atoms. The molecule has 1 fully saturated rings. The molecule has 10 heteroatoms. The third-order valence-electron chi connectivity index (χ3n) is 6.07. The predicted octanol–water partition coefficient (Wildman–Crippen LogP) is 5.20. The van der Waals surface area contributed by atoms with E-state index in [1.807, 2.05) is 48.7 Å². The molecule has 0 aliphatic carbocycles. The Morgan fingerprint density at radius 2 is 1.84 bits per heavy atom. The standard InChI is InChI=1S/C27H25F2N7O/c1-17(26(37)36-15-27(28,29)16-36)11-19-3-4-20(12-23(19)30-2)25-31-10-9-24(35-25)34-22-7-5-18(6-8-22)21-13-32-33-14-21/h3-14,30H,15-16H2,1-2H3,(H,32,33)(H,31,34,35)/b17-11+. The van der Waals surface area contributed by atoms with E-state index in [0.29, 0.717) is 17.2 Å². The van der Waals surface area contributed by atoms with Crippen molar-refractivity contribution in [2.24, 2.45) is 0 Å². The van der Waals surface area contributed by atoms with Crippen LogP contribution in [0.2, 0.25) is 0 Å². The first-order valence-corrected chi connectivity index (χ1v) is 11.7. The molecule has 0 bridgehead atoms. The van der Waals surface area contributed by atoms with E-state index in [1.165, 1.54) is 0 Å². The summed E-state index contributed by atoms with van der Waals surface area (Å²) in [5.41, 5.74) is 5.64. The Hall–Kier alpha value is -4.60. The first kappa shape index (κ1) is 24.1. The molecule has 5 rings (SSSR count). The van der Waals surface area contributed by atoms with E-state index in [0.717, 1.165) is 38.5 Å². The van der Waals surface area contributed by atoms with Gasteiger partial charge in [-0.05, 0) is 48.4 Å². The molecule has 0 atom stereocenters. The molecule has 1 amide bonds. The van der Waals surface area contributed by atoms with Crippen LogP contribution in [0.5, 0.6) is 0 Å².